The standard InChI is InChI=1S/C20H18ClN5O2S.C2H6S.C2H6/c1-4-5-28-11-26-10-13(9-23)17-18(24-20(29-3)25-19(17)26)14-7-16(27-2)12(8-22)6-15(14)21;1-3-2;1-2/h6-7,10H,4-5,11H2,1-3H3;1-2H3;1-2H3. The van der Waals surface area contributed by atoms with Crippen LogP contribution >= 0.6 is 35.1 Å². The normalized spacial score (nSPS) is 9.82. The number of benzene rings is 1. The molecule has 1 aromatic carbocycles. The van der Waals surface area contributed by atoms with E-state index in [1.165, 1.54) is 24.9 Å². The van der Waals surface area contributed by atoms with Gasteiger partial charge in [0.1, 0.15) is 30.3 Å². The maximum Gasteiger partial charge on any atom is 0.189 e. The number of fused-ring (bicyclic) bond motifs is 1. The summed E-state index contributed by atoms with van der Waals surface area (Å²) in [5.74, 6) is 0.383. The van der Waals surface area contributed by atoms with Crippen molar-refractivity contribution in [3.63, 3.8) is 0 Å². The predicted octanol–water partition coefficient (Wildman–Crippen LogP) is 6.62. The highest BCUT2D eigenvalue weighted by atomic mass is 35.5. The van der Waals surface area contributed by atoms with Crippen LogP contribution in [0, 0.1) is 22.7 Å². The van der Waals surface area contributed by atoms with E-state index in [-0.39, 0.29) is 6.73 Å². The van der Waals surface area contributed by atoms with Crippen LogP contribution in [0.3, 0.4) is 0 Å². The van der Waals surface area contributed by atoms with Gasteiger partial charge in [-0.05, 0) is 37.3 Å². The number of halogens is 1. The Morgan fingerprint density at radius 3 is 2.26 bits per heavy atom. The first-order chi connectivity index (χ1) is 16.5. The fraction of sp³-hybridized carbons (Fsp3) is 0.417. The molecule has 7 nitrogen and oxygen atoms in total. The Kier molecular flexibility index (Phi) is 13.5. The van der Waals surface area contributed by atoms with Crippen LogP contribution in [0.25, 0.3) is 22.3 Å². The van der Waals surface area contributed by atoms with Gasteiger partial charge in [-0.15, -0.1) is 0 Å². The third kappa shape index (κ3) is 7.04. The third-order valence-corrected chi connectivity index (χ3v) is 5.10. The van der Waals surface area contributed by atoms with Gasteiger partial charge in [-0.2, -0.15) is 22.3 Å². The molecule has 0 unspecified atom stereocenters. The first kappa shape index (κ1) is 29.6. The lowest BCUT2D eigenvalue weighted by atomic mass is 10.0. The van der Waals surface area contributed by atoms with Crippen LogP contribution in [0.5, 0.6) is 5.75 Å². The maximum absolute atomic E-state index is 9.70. The molecule has 0 saturated heterocycles. The van der Waals surface area contributed by atoms with E-state index < -0.39 is 0 Å². The number of nitrogens with zero attached hydrogens (tertiary/aromatic N) is 5. The average Bonchev–Trinajstić information content (AvgIpc) is 3.22. The van der Waals surface area contributed by atoms with E-state index in [1.807, 2.05) is 39.5 Å². The van der Waals surface area contributed by atoms with Gasteiger partial charge in [-0.25, -0.2) is 9.97 Å². The molecule has 3 aromatic rings. The Bertz CT molecular complexity index is 1170. The lowest BCUT2D eigenvalue weighted by Crippen LogP contribution is -2.04. The van der Waals surface area contributed by atoms with E-state index in [1.54, 1.807) is 28.6 Å². The fourth-order valence-corrected chi connectivity index (χ4v) is 3.55. The largest absolute Gasteiger partial charge is 0.495 e. The number of ether oxygens (including phenoxy) is 2. The molecule has 182 valence electrons. The van der Waals surface area contributed by atoms with Gasteiger partial charge in [-0.3, -0.25) is 0 Å². The molecule has 2 heterocycles. The predicted molar refractivity (Wildman–Crippen MR) is 143 cm³/mol. The molecule has 3 rings (SSSR count). The van der Waals surface area contributed by atoms with Crippen molar-refractivity contribution < 1.29 is 9.47 Å². The van der Waals surface area contributed by atoms with Gasteiger partial charge < -0.3 is 14.0 Å². The fourth-order valence-electron chi connectivity index (χ4n) is 2.93. The van der Waals surface area contributed by atoms with Crippen LogP contribution in [-0.4, -0.2) is 47.0 Å². The molecule has 0 radical (unpaired) electrons. The van der Waals surface area contributed by atoms with Crippen LogP contribution in [0.15, 0.2) is 23.5 Å². The summed E-state index contributed by atoms with van der Waals surface area (Å²) < 4.78 is 12.8. The number of rotatable bonds is 7. The molecule has 0 aliphatic carbocycles. The van der Waals surface area contributed by atoms with Gasteiger partial charge in [0.15, 0.2) is 5.16 Å². The summed E-state index contributed by atoms with van der Waals surface area (Å²) in [5, 5.41) is 20.5. The molecule has 0 atom stereocenters. The second-order valence-electron chi connectivity index (χ2n) is 6.47. The second-order valence-corrected chi connectivity index (χ2v) is 8.47. The zero-order chi connectivity index (χ0) is 25.7. The molecule has 0 fully saturated rings. The van der Waals surface area contributed by atoms with Gasteiger partial charge in [-0.1, -0.05) is 44.1 Å². The molecule has 10 heteroatoms. The lowest BCUT2D eigenvalue weighted by molar-refractivity contribution is 0.0800. The first-order valence-electron chi connectivity index (χ1n) is 10.6. The Morgan fingerprint density at radius 1 is 1.09 bits per heavy atom. The molecule has 0 N–H and O–H groups in total. The van der Waals surface area contributed by atoms with Crippen molar-refractivity contribution in [3.8, 4) is 29.1 Å². The third-order valence-electron chi connectivity index (χ3n) is 4.24. The molecular formula is C24H30ClN5O2S2. The summed E-state index contributed by atoms with van der Waals surface area (Å²) in [6.45, 7) is 6.91. The molecule has 2 aromatic heterocycles. The second kappa shape index (κ2) is 15.5. The van der Waals surface area contributed by atoms with Crippen LogP contribution < -0.4 is 4.74 Å². The summed E-state index contributed by atoms with van der Waals surface area (Å²) in [4.78, 5) is 9.21. The van der Waals surface area contributed by atoms with E-state index in [4.69, 9.17) is 21.1 Å². The molecule has 0 aliphatic heterocycles. The van der Waals surface area contributed by atoms with Crippen molar-refractivity contribution in [1.82, 2.24) is 14.5 Å². The highest BCUT2D eigenvalue weighted by Crippen LogP contribution is 2.38. The van der Waals surface area contributed by atoms with Crippen molar-refractivity contribution in [3.05, 3.63) is 34.5 Å². The number of methoxy groups -OCH3 is 1. The minimum absolute atomic E-state index is 0.278. The lowest BCUT2D eigenvalue weighted by Gasteiger charge is -2.12. The zero-order valence-electron chi connectivity index (χ0n) is 20.6. The minimum Gasteiger partial charge on any atom is -0.495 e. The molecule has 0 amide bonds. The summed E-state index contributed by atoms with van der Waals surface area (Å²) in [6.07, 6.45) is 8.55. The topological polar surface area (TPSA) is 96.8 Å². The monoisotopic (exact) mass is 519 g/mol. The number of hydrogen-bond acceptors (Lipinski definition) is 8. The molecular weight excluding hydrogens is 490 g/mol. The van der Waals surface area contributed by atoms with Crippen LogP contribution in [0.1, 0.15) is 38.3 Å². The molecule has 0 aliphatic rings. The van der Waals surface area contributed by atoms with E-state index in [2.05, 4.69) is 22.1 Å². The average molecular weight is 520 g/mol. The molecule has 0 spiro atoms. The van der Waals surface area contributed by atoms with E-state index in [0.717, 1.165) is 6.42 Å². The zero-order valence-corrected chi connectivity index (χ0v) is 23.0. The summed E-state index contributed by atoms with van der Waals surface area (Å²) in [6, 6.07) is 7.47. The van der Waals surface area contributed by atoms with E-state index >= 15 is 0 Å². The highest BCUT2D eigenvalue weighted by molar-refractivity contribution is 7.98. The van der Waals surface area contributed by atoms with Crippen molar-refractivity contribution in [1.29, 1.82) is 10.5 Å². The van der Waals surface area contributed by atoms with Gasteiger partial charge in [0.2, 0.25) is 0 Å². The number of aromatic nitrogens is 3. The molecule has 0 saturated carbocycles. The minimum atomic E-state index is 0.278. The Labute approximate surface area is 215 Å². The highest BCUT2D eigenvalue weighted by Gasteiger charge is 2.21. The van der Waals surface area contributed by atoms with Crippen LogP contribution in [-0.2, 0) is 11.5 Å². The first-order valence-corrected chi connectivity index (χ1v) is 13.8. The van der Waals surface area contributed by atoms with Crippen molar-refractivity contribution >= 4 is 46.2 Å². The maximum atomic E-state index is 9.70. The Morgan fingerprint density at radius 2 is 1.74 bits per heavy atom. The van der Waals surface area contributed by atoms with E-state index in [0.29, 0.717) is 56.0 Å². The van der Waals surface area contributed by atoms with Gasteiger partial charge in [0.25, 0.3) is 0 Å². The van der Waals surface area contributed by atoms with Crippen LogP contribution in [0.4, 0.5) is 0 Å². The van der Waals surface area contributed by atoms with Gasteiger partial charge in [0, 0.05) is 18.4 Å². The summed E-state index contributed by atoms with van der Waals surface area (Å²) in [5.41, 5.74) is 2.41. The number of thioether (sulfide) groups is 2. The Balaban J connectivity index is 0.00000107. The van der Waals surface area contributed by atoms with E-state index in [9.17, 15) is 10.5 Å². The Hall–Kier alpha value is -2.43. The molecule has 0 bridgehead atoms. The van der Waals surface area contributed by atoms with Crippen LogP contribution in [0.2, 0.25) is 5.02 Å². The SMILES string of the molecule is CC.CCCOCn1cc(C#N)c2c(-c3cc(OC)c(C#N)cc3Cl)nc(SC)nc21.CSC. The summed E-state index contributed by atoms with van der Waals surface area (Å²) >= 11 is 9.62. The summed E-state index contributed by atoms with van der Waals surface area (Å²) in [7, 11) is 1.49. The van der Waals surface area contributed by atoms with Gasteiger partial charge in [0.05, 0.1) is 34.3 Å². The van der Waals surface area contributed by atoms with Crippen molar-refractivity contribution in [2.75, 3.05) is 32.5 Å². The quantitative estimate of drug-likeness (QED) is 0.195. The number of hydrogen-bond donors (Lipinski definition) is 0. The van der Waals surface area contributed by atoms with Crippen molar-refractivity contribution in [2.45, 2.75) is 39.1 Å². The van der Waals surface area contributed by atoms with Crippen molar-refractivity contribution in [2.24, 2.45) is 0 Å². The smallest absolute Gasteiger partial charge is 0.189 e. The molecule has 34 heavy (non-hydrogen) atoms. The number of nitriles is 2. The van der Waals surface area contributed by atoms with Gasteiger partial charge >= 0.3 is 0 Å².